The molecule has 0 unspecified atom stereocenters. The summed E-state index contributed by atoms with van der Waals surface area (Å²) in [5, 5.41) is 11.7. The van der Waals surface area contributed by atoms with Crippen LogP contribution >= 0.6 is 0 Å². The predicted molar refractivity (Wildman–Crippen MR) is 81.7 cm³/mol. The van der Waals surface area contributed by atoms with Crippen molar-refractivity contribution in [1.82, 2.24) is 5.32 Å². The number of para-hydroxylation sites is 1. The summed E-state index contributed by atoms with van der Waals surface area (Å²) in [6, 6.07) is 8.82. The molecule has 24 heavy (non-hydrogen) atoms. The van der Waals surface area contributed by atoms with Crippen LogP contribution in [0.5, 0.6) is 11.5 Å². The smallest absolute Gasteiger partial charge is 0.255 e. The van der Waals surface area contributed by atoms with Gasteiger partial charge in [-0.1, -0.05) is 18.2 Å². The van der Waals surface area contributed by atoms with E-state index in [1.165, 1.54) is 20.3 Å². The van der Waals surface area contributed by atoms with E-state index in [2.05, 4.69) is 5.32 Å². The normalized spacial score (nSPS) is 11.3. The molecule has 0 saturated heterocycles. The first kappa shape index (κ1) is 17.2. The molecule has 0 bridgehead atoms. The Morgan fingerprint density at radius 3 is 2.50 bits per heavy atom. The monoisotopic (exact) mass is 332 g/mol. The summed E-state index contributed by atoms with van der Waals surface area (Å²) in [5.41, 5.74) is -0.151. The molecule has 0 aliphatic rings. The van der Waals surface area contributed by atoms with E-state index in [0.29, 0.717) is 11.3 Å². The van der Waals surface area contributed by atoms with Crippen LogP contribution < -0.4 is 14.8 Å². The highest BCUT2D eigenvalue weighted by Gasteiger charge is 2.23. The zero-order valence-corrected chi connectivity index (χ0v) is 13.0. The zero-order chi connectivity index (χ0) is 17.7. The molecule has 1 N–H and O–H groups in total. The number of methoxy groups -OCH3 is 2. The number of rotatable bonds is 5. The van der Waals surface area contributed by atoms with Gasteiger partial charge < -0.3 is 14.8 Å². The molecule has 1 amide bonds. The average molecular weight is 332 g/mol. The van der Waals surface area contributed by atoms with Crippen molar-refractivity contribution in [2.45, 2.75) is 6.04 Å². The first-order valence-corrected chi connectivity index (χ1v) is 6.88. The van der Waals surface area contributed by atoms with E-state index < -0.39 is 29.1 Å². The third-order valence-electron chi connectivity index (χ3n) is 3.35. The molecule has 2 aromatic carbocycles. The Labute approximate surface area is 137 Å². The Balaban J connectivity index is 2.36. The number of benzene rings is 2. The number of hydrogen-bond acceptors (Lipinski definition) is 4. The molecular weight excluding hydrogens is 318 g/mol. The first-order valence-electron chi connectivity index (χ1n) is 6.88. The minimum atomic E-state index is -1.27. The maximum atomic E-state index is 13.7. The van der Waals surface area contributed by atoms with Crippen LogP contribution in [0.4, 0.5) is 8.78 Å². The maximum absolute atomic E-state index is 13.7. The van der Waals surface area contributed by atoms with Gasteiger partial charge in [0, 0.05) is 5.56 Å². The lowest BCUT2D eigenvalue weighted by Crippen LogP contribution is -2.29. The Morgan fingerprint density at radius 2 is 1.88 bits per heavy atom. The third kappa shape index (κ3) is 3.27. The van der Waals surface area contributed by atoms with Crippen LogP contribution in [-0.2, 0) is 0 Å². The Hall–Kier alpha value is -3.14. The Morgan fingerprint density at radius 1 is 1.17 bits per heavy atom. The fourth-order valence-electron chi connectivity index (χ4n) is 2.21. The molecule has 0 aliphatic carbocycles. The number of halogens is 2. The predicted octanol–water partition coefficient (Wildman–Crippen LogP) is 2.98. The molecule has 0 aromatic heterocycles. The molecule has 7 heteroatoms. The fourth-order valence-corrected chi connectivity index (χ4v) is 2.21. The maximum Gasteiger partial charge on any atom is 0.255 e. The zero-order valence-electron chi connectivity index (χ0n) is 13.0. The van der Waals surface area contributed by atoms with E-state index >= 15 is 0 Å². The molecule has 0 heterocycles. The lowest BCUT2D eigenvalue weighted by Gasteiger charge is -2.17. The highest BCUT2D eigenvalue weighted by atomic mass is 19.2. The Bertz CT molecular complexity index is 803. The van der Waals surface area contributed by atoms with Gasteiger partial charge in [0.05, 0.1) is 25.9 Å². The largest absolute Gasteiger partial charge is 0.493 e. The third-order valence-corrected chi connectivity index (χ3v) is 3.35. The van der Waals surface area contributed by atoms with Crippen molar-refractivity contribution >= 4 is 5.91 Å². The quantitative estimate of drug-likeness (QED) is 0.914. The average Bonchev–Trinajstić information content (AvgIpc) is 2.60. The SMILES string of the molecule is COc1cccc([C@H](C#N)NC(=O)c2cccc(F)c2F)c1OC. The van der Waals surface area contributed by atoms with Crippen LogP contribution in [0.1, 0.15) is 22.0 Å². The van der Waals surface area contributed by atoms with Crippen molar-refractivity contribution in [3.05, 3.63) is 59.2 Å². The molecular formula is C17H14F2N2O3. The van der Waals surface area contributed by atoms with Crippen LogP contribution in [0.3, 0.4) is 0 Å². The number of carbonyl (C=O) groups is 1. The Kier molecular flexibility index (Phi) is 5.32. The van der Waals surface area contributed by atoms with Gasteiger partial charge in [-0.05, 0) is 18.2 Å². The summed E-state index contributed by atoms with van der Waals surface area (Å²) >= 11 is 0. The van der Waals surface area contributed by atoms with Crippen LogP contribution in [0, 0.1) is 23.0 Å². The highest BCUT2D eigenvalue weighted by molar-refractivity contribution is 5.95. The van der Waals surface area contributed by atoms with Gasteiger partial charge in [-0.3, -0.25) is 4.79 Å². The van der Waals surface area contributed by atoms with E-state index in [1.807, 2.05) is 6.07 Å². The number of nitrogens with one attached hydrogen (secondary N) is 1. The molecule has 5 nitrogen and oxygen atoms in total. The van der Waals surface area contributed by atoms with Crippen LogP contribution in [0.15, 0.2) is 36.4 Å². The number of carbonyl (C=O) groups excluding carboxylic acids is 1. The van der Waals surface area contributed by atoms with Gasteiger partial charge in [0.2, 0.25) is 0 Å². The topological polar surface area (TPSA) is 71.3 Å². The van der Waals surface area contributed by atoms with Crippen LogP contribution in [0.25, 0.3) is 0 Å². The van der Waals surface area contributed by atoms with Crippen molar-refractivity contribution in [2.24, 2.45) is 0 Å². The summed E-state index contributed by atoms with van der Waals surface area (Å²) in [6.07, 6.45) is 0. The summed E-state index contributed by atoms with van der Waals surface area (Å²) in [6.45, 7) is 0. The van der Waals surface area contributed by atoms with Gasteiger partial charge in [0.1, 0.15) is 6.04 Å². The second-order valence-corrected chi connectivity index (χ2v) is 4.72. The van der Waals surface area contributed by atoms with E-state index in [0.717, 1.165) is 12.1 Å². The van der Waals surface area contributed by atoms with E-state index in [9.17, 15) is 18.8 Å². The molecule has 0 aliphatic heterocycles. The van der Waals surface area contributed by atoms with Gasteiger partial charge in [0.25, 0.3) is 5.91 Å². The number of ether oxygens (including phenoxy) is 2. The lowest BCUT2D eigenvalue weighted by molar-refractivity contribution is 0.0939. The summed E-state index contributed by atoms with van der Waals surface area (Å²) < 4.78 is 37.3. The number of nitriles is 1. The molecule has 0 spiro atoms. The van der Waals surface area contributed by atoms with Gasteiger partial charge in [-0.25, -0.2) is 8.78 Å². The summed E-state index contributed by atoms with van der Waals surface area (Å²) in [4.78, 5) is 12.2. The van der Waals surface area contributed by atoms with Gasteiger partial charge >= 0.3 is 0 Å². The second-order valence-electron chi connectivity index (χ2n) is 4.72. The molecule has 0 radical (unpaired) electrons. The first-order chi connectivity index (χ1) is 11.5. The molecule has 2 aromatic rings. The van der Waals surface area contributed by atoms with Crippen molar-refractivity contribution in [3.8, 4) is 17.6 Å². The van der Waals surface area contributed by atoms with Crippen molar-refractivity contribution < 1.29 is 23.0 Å². The van der Waals surface area contributed by atoms with Gasteiger partial charge in [-0.15, -0.1) is 0 Å². The summed E-state index contributed by atoms with van der Waals surface area (Å²) in [5.74, 6) is -2.68. The van der Waals surface area contributed by atoms with E-state index in [4.69, 9.17) is 9.47 Å². The number of hydrogen-bond donors (Lipinski definition) is 1. The van der Waals surface area contributed by atoms with E-state index in [-0.39, 0.29) is 5.75 Å². The lowest BCUT2D eigenvalue weighted by atomic mass is 10.1. The van der Waals surface area contributed by atoms with Crippen LogP contribution in [0.2, 0.25) is 0 Å². The van der Waals surface area contributed by atoms with Gasteiger partial charge in [-0.2, -0.15) is 5.26 Å². The second kappa shape index (κ2) is 7.42. The minimum Gasteiger partial charge on any atom is -0.493 e. The molecule has 0 saturated carbocycles. The highest BCUT2D eigenvalue weighted by Crippen LogP contribution is 2.34. The molecule has 1 atom stereocenters. The number of nitrogens with zero attached hydrogens (tertiary/aromatic N) is 1. The van der Waals surface area contributed by atoms with Crippen LogP contribution in [-0.4, -0.2) is 20.1 Å². The molecule has 2 rings (SSSR count). The minimum absolute atomic E-state index is 0.270. The van der Waals surface area contributed by atoms with E-state index in [1.54, 1.807) is 18.2 Å². The van der Waals surface area contributed by atoms with Gasteiger partial charge in [0.15, 0.2) is 23.1 Å². The molecule has 0 fully saturated rings. The number of amides is 1. The van der Waals surface area contributed by atoms with Crippen molar-refractivity contribution in [3.63, 3.8) is 0 Å². The standard InChI is InChI=1S/C17H14F2N2O3/c1-23-14-8-4-5-10(16(14)24-2)13(9-20)21-17(22)11-6-3-7-12(18)15(11)19/h3-8,13H,1-2H3,(H,21,22)/t13-/m0/s1. The summed E-state index contributed by atoms with van der Waals surface area (Å²) in [7, 11) is 2.83. The fraction of sp³-hybridized carbons (Fsp3) is 0.176. The molecule has 124 valence electrons. The van der Waals surface area contributed by atoms with Crippen molar-refractivity contribution in [1.29, 1.82) is 5.26 Å². The van der Waals surface area contributed by atoms with Crippen molar-refractivity contribution in [2.75, 3.05) is 14.2 Å².